The monoisotopic (exact) mass is 341 g/mol. The molecule has 1 aliphatic heterocycles. The van der Waals surface area contributed by atoms with E-state index in [0.717, 1.165) is 5.56 Å². The molecule has 1 heterocycles. The van der Waals surface area contributed by atoms with E-state index in [0.29, 0.717) is 48.8 Å². The maximum atomic E-state index is 6.24. The van der Waals surface area contributed by atoms with Crippen LogP contribution in [-0.2, 0) is 11.3 Å². The molecule has 0 bridgehead atoms. The molecular weight excluding hydrogens is 318 g/mol. The Balaban J connectivity index is 1.95. The Bertz CT molecular complexity index is 576. The fraction of sp³-hybridized carbons (Fsp3) is 0.562. The van der Waals surface area contributed by atoms with Crippen LogP contribution in [0.25, 0.3) is 0 Å². The summed E-state index contributed by atoms with van der Waals surface area (Å²) in [6.45, 7) is 6.29. The highest BCUT2D eigenvalue weighted by molar-refractivity contribution is 6.32. The predicted molar refractivity (Wildman–Crippen MR) is 91.7 cm³/mol. The molecule has 23 heavy (non-hydrogen) atoms. The van der Waals surface area contributed by atoms with Gasteiger partial charge in [-0.15, -0.1) is 0 Å². The number of ether oxygens (including phenoxy) is 3. The maximum absolute atomic E-state index is 6.24. The van der Waals surface area contributed by atoms with Gasteiger partial charge in [0.05, 0.1) is 10.6 Å². The first-order chi connectivity index (χ1) is 10.9. The van der Waals surface area contributed by atoms with Crippen molar-refractivity contribution < 1.29 is 14.2 Å². The number of fused-ring (bicyclic) bond motifs is 1. The predicted octanol–water partition coefficient (Wildman–Crippen LogP) is 2.20. The minimum Gasteiger partial charge on any atom is -0.486 e. The maximum Gasteiger partial charge on any atom is 0.191 e. The molecule has 0 spiro atoms. The molecule has 1 aliphatic rings. The highest BCUT2D eigenvalue weighted by Gasteiger charge is 2.18. The Labute approximate surface area is 142 Å². The molecule has 0 aliphatic carbocycles. The second-order valence-corrected chi connectivity index (χ2v) is 6.25. The minimum absolute atomic E-state index is 0.266. The molecular formula is C16H24ClN3O3. The lowest BCUT2D eigenvalue weighted by atomic mass is 10.1. The van der Waals surface area contributed by atoms with Gasteiger partial charge in [0.2, 0.25) is 0 Å². The summed E-state index contributed by atoms with van der Waals surface area (Å²) in [5, 5.41) is 7.04. The molecule has 0 atom stereocenters. The lowest BCUT2D eigenvalue weighted by Gasteiger charge is -2.24. The summed E-state index contributed by atoms with van der Waals surface area (Å²) in [5.74, 6) is 2.00. The Morgan fingerprint density at radius 1 is 1.30 bits per heavy atom. The van der Waals surface area contributed by atoms with Gasteiger partial charge in [0.1, 0.15) is 13.2 Å². The number of hydrogen-bond donors (Lipinski definition) is 2. The van der Waals surface area contributed by atoms with Crippen LogP contribution in [0.5, 0.6) is 11.5 Å². The van der Waals surface area contributed by atoms with Crippen LogP contribution >= 0.6 is 11.6 Å². The number of aliphatic imine (C=N–C) groups is 1. The fourth-order valence-electron chi connectivity index (χ4n) is 2.04. The lowest BCUT2D eigenvalue weighted by molar-refractivity contribution is 0.0268. The van der Waals surface area contributed by atoms with Crippen molar-refractivity contribution in [1.82, 2.24) is 10.6 Å². The first kappa shape index (κ1) is 17.7. The van der Waals surface area contributed by atoms with Gasteiger partial charge in [-0.05, 0) is 31.5 Å². The molecule has 0 amide bonds. The van der Waals surface area contributed by atoms with Crippen LogP contribution < -0.4 is 20.1 Å². The molecule has 0 radical (unpaired) electrons. The number of benzene rings is 1. The van der Waals surface area contributed by atoms with Gasteiger partial charge < -0.3 is 24.8 Å². The Kier molecular flexibility index (Phi) is 5.96. The number of nitrogens with one attached hydrogen (secondary N) is 2. The minimum atomic E-state index is -0.266. The second-order valence-electron chi connectivity index (χ2n) is 5.84. The van der Waals surface area contributed by atoms with Crippen molar-refractivity contribution in [3.63, 3.8) is 0 Å². The molecule has 0 saturated heterocycles. The smallest absolute Gasteiger partial charge is 0.191 e. The zero-order valence-electron chi connectivity index (χ0n) is 14.0. The molecule has 0 unspecified atom stereocenters. The number of guanidine groups is 1. The third-order valence-corrected chi connectivity index (χ3v) is 3.86. The van der Waals surface area contributed by atoms with Crippen LogP contribution in [0.2, 0.25) is 5.02 Å². The van der Waals surface area contributed by atoms with Gasteiger partial charge >= 0.3 is 0 Å². The van der Waals surface area contributed by atoms with Crippen molar-refractivity contribution in [2.24, 2.45) is 4.99 Å². The summed E-state index contributed by atoms with van der Waals surface area (Å²) in [4.78, 5) is 4.20. The van der Waals surface area contributed by atoms with E-state index in [9.17, 15) is 0 Å². The van der Waals surface area contributed by atoms with Gasteiger partial charge in [0, 0.05) is 27.2 Å². The van der Waals surface area contributed by atoms with Gasteiger partial charge in [0.25, 0.3) is 0 Å². The fourth-order valence-corrected chi connectivity index (χ4v) is 2.33. The first-order valence-electron chi connectivity index (χ1n) is 7.53. The summed E-state index contributed by atoms with van der Waals surface area (Å²) in [6.07, 6.45) is 0. The van der Waals surface area contributed by atoms with E-state index in [-0.39, 0.29) is 5.60 Å². The largest absolute Gasteiger partial charge is 0.486 e. The summed E-state index contributed by atoms with van der Waals surface area (Å²) in [7, 11) is 3.42. The molecule has 0 aromatic heterocycles. The van der Waals surface area contributed by atoms with E-state index < -0.39 is 0 Å². The average Bonchev–Trinajstić information content (AvgIpc) is 2.55. The molecule has 128 valence electrons. The number of halogens is 1. The van der Waals surface area contributed by atoms with Crippen molar-refractivity contribution in [1.29, 1.82) is 0 Å². The van der Waals surface area contributed by atoms with E-state index in [4.69, 9.17) is 25.8 Å². The molecule has 0 saturated carbocycles. The number of nitrogens with zero attached hydrogens (tertiary/aromatic N) is 1. The molecule has 2 rings (SSSR count). The van der Waals surface area contributed by atoms with Crippen LogP contribution in [0.15, 0.2) is 17.1 Å². The van der Waals surface area contributed by atoms with E-state index in [1.54, 1.807) is 14.2 Å². The highest BCUT2D eigenvalue weighted by Crippen LogP contribution is 2.38. The van der Waals surface area contributed by atoms with Crippen molar-refractivity contribution >= 4 is 17.6 Å². The second kappa shape index (κ2) is 7.75. The first-order valence-corrected chi connectivity index (χ1v) is 7.90. The zero-order valence-corrected chi connectivity index (χ0v) is 14.8. The summed E-state index contributed by atoms with van der Waals surface area (Å²) >= 11 is 6.24. The highest BCUT2D eigenvalue weighted by atomic mass is 35.5. The number of hydrogen-bond acceptors (Lipinski definition) is 4. The quantitative estimate of drug-likeness (QED) is 0.635. The molecule has 1 aromatic rings. The van der Waals surface area contributed by atoms with Crippen LogP contribution in [0.3, 0.4) is 0 Å². The molecule has 1 aromatic carbocycles. The van der Waals surface area contributed by atoms with Crippen molar-refractivity contribution in [3.05, 3.63) is 22.7 Å². The van der Waals surface area contributed by atoms with Crippen molar-refractivity contribution in [2.75, 3.05) is 33.9 Å². The van der Waals surface area contributed by atoms with Gasteiger partial charge in [-0.2, -0.15) is 0 Å². The van der Waals surface area contributed by atoms with E-state index in [2.05, 4.69) is 15.6 Å². The third kappa shape index (κ3) is 4.91. The SMILES string of the molecule is CN=C(NCc1cc(Cl)c2c(c1)OCCO2)NCC(C)(C)OC. The lowest BCUT2D eigenvalue weighted by Crippen LogP contribution is -2.45. The van der Waals surface area contributed by atoms with Crippen LogP contribution in [0.4, 0.5) is 0 Å². The van der Waals surface area contributed by atoms with Gasteiger partial charge in [-0.3, -0.25) is 4.99 Å². The number of methoxy groups -OCH3 is 1. The Morgan fingerprint density at radius 3 is 2.74 bits per heavy atom. The van der Waals surface area contributed by atoms with Gasteiger partial charge in [-0.25, -0.2) is 0 Å². The molecule has 0 fully saturated rings. The normalized spacial score (nSPS) is 14.6. The van der Waals surface area contributed by atoms with Gasteiger partial charge in [0.15, 0.2) is 17.5 Å². The summed E-state index contributed by atoms with van der Waals surface area (Å²) < 4.78 is 16.5. The van der Waals surface area contributed by atoms with Crippen molar-refractivity contribution in [3.8, 4) is 11.5 Å². The standard InChI is InChI=1S/C16H24ClN3O3/c1-16(2,21-4)10-20-15(18-3)19-9-11-7-12(17)14-13(8-11)22-5-6-23-14/h7-8H,5-6,9-10H2,1-4H3,(H2,18,19,20). The topological polar surface area (TPSA) is 64.1 Å². The van der Waals surface area contributed by atoms with Crippen LogP contribution in [0, 0.1) is 0 Å². The average molecular weight is 342 g/mol. The van der Waals surface area contributed by atoms with E-state index in [1.807, 2.05) is 26.0 Å². The summed E-state index contributed by atoms with van der Waals surface area (Å²) in [5.41, 5.74) is 0.728. The molecule has 2 N–H and O–H groups in total. The van der Waals surface area contributed by atoms with Crippen molar-refractivity contribution in [2.45, 2.75) is 26.0 Å². The zero-order chi connectivity index (χ0) is 16.9. The van der Waals surface area contributed by atoms with Crippen LogP contribution in [-0.4, -0.2) is 45.5 Å². The Morgan fingerprint density at radius 2 is 2.04 bits per heavy atom. The van der Waals surface area contributed by atoms with E-state index >= 15 is 0 Å². The van der Waals surface area contributed by atoms with Crippen LogP contribution in [0.1, 0.15) is 19.4 Å². The number of rotatable bonds is 5. The van der Waals surface area contributed by atoms with E-state index in [1.165, 1.54) is 0 Å². The third-order valence-electron chi connectivity index (χ3n) is 3.57. The molecule has 7 heteroatoms. The Hall–Kier alpha value is -1.66. The molecule has 6 nitrogen and oxygen atoms in total. The summed E-state index contributed by atoms with van der Waals surface area (Å²) in [6, 6.07) is 3.80. The van der Waals surface area contributed by atoms with Gasteiger partial charge in [-0.1, -0.05) is 11.6 Å².